The summed E-state index contributed by atoms with van der Waals surface area (Å²) in [6.07, 6.45) is 11.6. The molecule has 1 aromatic carbocycles. The van der Waals surface area contributed by atoms with Crippen LogP contribution in [-0.2, 0) is 4.79 Å². The molecule has 1 aromatic rings. The fraction of sp³-hybridized carbons (Fsp3) is 0.667. The van der Waals surface area contributed by atoms with E-state index in [1.165, 1.54) is 62.6 Å². The molecular formula is C21H37O2P. The van der Waals surface area contributed by atoms with Crippen LogP contribution in [0.2, 0.25) is 0 Å². The van der Waals surface area contributed by atoms with E-state index in [1.54, 1.807) is 0 Å². The van der Waals surface area contributed by atoms with Gasteiger partial charge in [0.15, 0.2) is 0 Å². The van der Waals surface area contributed by atoms with E-state index in [4.69, 9.17) is 0 Å². The molecule has 3 heteroatoms. The van der Waals surface area contributed by atoms with Crippen molar-refractivity contribution in [3.8, 4) is 0 Å². The minimum absolute atomic E-state index is 0.265. The average Bonchev–Trinajstić information content (AvgIpc) is 2.60. The number of hydrogen-bond acceptors (Lipinski definition) is 1. The van der Waals surface area contributed by atoms with Gasteiger partial charge in [0.05, 0.1) is 0 Å². The fourth-order valence-corrected chi connectivity index (χ4v) is 10.5. The number of rotatable bonds is 13. The Balaban J connectivity index is 3.25. The Morgan fingerprint density at radius 1 is 0.917 bits per heavy atom. The standard InChI is InChI=1S/C21H37O2P/c1-4-7-15-24(16-8-5-2,17-9-6-3)20(18-21(22)23)19-13-11-10-12-14-19/h10-14,20,24H,4-9,15-18H2,1-3H3,(H,22,23). The molecule has 0 amide bonds. The van der Waals surface area contributed by atoms with Crippen LogP contribution in [0.15, 0.2) is 30.3 Å². The normalized spacial score (nSPS) is 13.6. The number of carbonyl (C=O) groups is 1. The number of hydrogen-bond donors (Lipinski definition) is 1. The third-order valence-corrected chi connectivity index (χ3v) is 11.5. The maximum atomic E-state index is 11.7. The second-order valence-electron chi connectivity index (χ2n) is 7.23. The monoisotopic (exact) mass is 352 g/mol. The summed E-state index contributed by atoms with van der Waals surface area (Å²) in [5.41, 5.74) is 1.54. The quantitative estimate of drug-likeness (QED) is 0.420. The molecule has 0 aliphatic rings. The van der Waals surface area contributed by atoms with E-state index in [0.717, 1.165) is 0 Å². The zero-order valence-corrected chi connectivity index (χ0v) is 16.9. The van der Waals surface area contributed by atoms with Gasteiger partial charge in [-0.3, -0.25) is 0 Å². The van der Waals surface area contributed by atoms with E-state index in [-0.39, 0.29) is 5.66 Å². The van der Waals surface area contributed by atoms with Crippen molar-refractivity contribution in [2.75, 3.05) is 18.5 Å². The Kier molecular flexibility index (Phi) is 10.3. The summed E-state index contributed by atoms with van der Waals surface area (Å²) in [5.74, 6) is -0.634. The molecule has 1 N–H and O–H groups in total. The van der Waals surface area contributed by atoms with Gasteiger partial charge < -0.3 is 0 Å². The number of unbranched alkanes of at least 4 members (excludes halogenated alkanes) is 3. The van der Waals surface area contributed by atoms with Crippen LogP contribution in [0.3, 0.4) is 0 Å². The second-order valence-corrected chi connectivity index (χ2v) is 12.2. The van der Waals surface area contributed by atoms with Crippen molar-refractivity contribution in [3.63, 3.8) is 0 Å². The molecule has 1 unspecified atom stereocenters. The molecule has 0 aliphatic heterocycles. The predicted molar refractivity (Wildman–Crippen MR) is 109 cm³/mol. The van der Waals surface area contributed by atoms with Crippen molar-refractivity contribution < 1.29 is 9.90 Å². The van der Waals surface area contributed by atoms with E-state index in [1.807, 2.05) is 6.07 Å². The summed E-state index contributed by atoms with van der Waals surface area (Å²) in [6, 6.07) is 10.5. The SMILES string of the molecule is CCCC[PH](CCCC)(CCCC)C(CC(=O)O)c1ccccc1. The van der Waals surface area contributed by atoms with Gasteiger partial charge in [0.25, 0.3) is 0 Å². The first-order valence-corrected chi connectivity index (χ1v) is 12.6. The van der Waals surface area contributed by atoms with E-state index in [9.17, 15) is 9.90 Å². The Bertz CT molecular complexity index is 436. The molecule has 0 radical (unpaired) electrons. The number of aliphatic carboxylic acids is 1. The van der Waals surface area contributed by atoms with Crippen molar-refractivity contribution >= 4 is 13.2 Å². The molecule has 0 spiro atoms. The zero-order chi connectivity index (χ0) is 17.8. The molecule has 0 saturated heterocycles. The number of carboxylic acid groups (broad SMARTS) is 1. The third-order valence-electron chi connectivity index (χ3n) is 5.40. The van der Waals surface area contributed by atoms with Crippen LogP contribution in [0.1, 0.15) is 76.9 Å². The van der Waals surface area contributed by atoms with Gasteiger partial charge in [-0.25, -0.2) is 0 Å². The van der Waals surface area contributed by atoms with Crippen molar-refractivity contribution in [1.29, 1.82) is 0 Å². The van der Waals surface area contributed by atoms with Crippen LogP contribution in [-0.4, -0.2) is 29.6 Å². The molecule has 0 heterocycles. The third kappa shape index (κ3) is 6.55. The van der Waals surface area contributed by atoms with Crippen LogP contribution >= 0.6 is 7.26 Å². The Morgan fingerprint density at radius 2 is 1.38 bits per heavy atom. The first-order chi connectivity index (χ1) is 11.6. The molecule has 0 aliphatic carbocycles. The molecule has 138 valence electrons. The first kappa shape index (κ1) is 21.2. The van der Waals surface area contributed by atoms with Gasteiger partial charge >= 0.3 is 149 Å². The minimum atomic E-state index is -1.67. The van der Waals surface area contributed by atoms with E-state index in [2.05, 4.69) is 45.0 Å². The predicted octanol–water partition coefficient (Wildman–Crippen LogP) is 6.35. The molecule has 0 aromatic heterocycles. The molecule has 1 rings (SSSR count). The molecule has 0 saturated carbocycles. The summed E-state index contributed by atoms with van der Waals surface area (Å²) in [5, 5.41) is 9.61. The second kappa shape index (κ2) is 11.6. The summed E-state index contributed by atoms with van der Waals surface area (Å²) < 4.78 is 0. The Morgan fingerprint density at radius 3 is 1.75 bits per heavy atom. The number of benzene rings is 1. The molecule has 0 bridgehead atoms. The summed E-state index contributed by atoms with van der Waals surface area (Å²) in [4.78, 5) is 11.7. The van der Waals surface area contributed by atoms with Crippen LogP contribution in [0.5, 0.6) is 0 Å². The van der Waals surface area contributed by atoms with Crippen molar-refractivity contribution in [2.45, 2.75) is 71.4 Å². The van der Waals surface area contributed by atoms with Crippen LogP contribution in [0, 0.1) is 0 Å². The van der Waals surface area contributed by atoms with Gasteiger partial charge in [0.2, 0.25) is 0 Å². The van der Waals surface area contributed by atoms with Crippen molar-refractivity contribution in [2.24, 2.45) is 0 Å². The zero-order valence-electron chi connectivity index (χ0n) is 15.9. The summed E-state index contributed by atoms with van der Waals surface area (Å²) in [7, 11) is -1.67. The van der Waals surface area contributed by atoms with Crippen molar-refractivity contribution in [3.05, 3.63) is 35.9 Å². The van der Waals surface area contributed by atoms with Crippen LogP contribution in [0.25, 0.3) is 0 Å². The fourth-order valence-electron chi connectivity index (χ4n) is 4.03. The Labute approximate surface area is 149 Å². The summed E-state index contributed by atoms with van der Waals surface area (Å²) in [6.45, 7) is 6.77. The van der Waals surface area contributed by atoms with Crippen LogP contribution < -0.4 is 0 Å². The van der Waals surface area contributed by atoms with E-state index < -0.39 is 13.2 Å². The summed E-state index contributed by atoms with van der Waals surface area (Å²) >= 11 is 0. The van der Waals surface area contributed by atoms with E-state index in [0.29, 0.717) is 6.42 Å². The number of carboxylic acids is 1. The van der Waals surface area contributed by atoms with E-state index >= 15 is 0 Å². The van der Waals surface area contributed by atoms with Gasteiger partial charge in [-0.05, 0) is 0 Å². The molecule has 24 heavy (non-hydrogen) atoms. The van der Waals surface area contributed by atoms with Gasteiger partial charge in [-0.2, -0.15) is 0 Å². The Hall–Kier alpha value is -0.880. The van der Waals surface area contributed by atoms with Gasteiger partial charge in [-0.1, -0.05) is 0 Å². The van der Waals surface area contributed by atoms with Gasteiger partial charge in [0.1, 0.15) is 0 Å². The van der Waals surface area contributed by atoms with Crippen molar-refractivity contribution in [1.82, 2.24) is 0 Å². The first-order valence-electron chi connectivity index (χ1n) is 9.86. The van der Waals surface area contributed by atoms with Gasteiger partial charge in [-0.15, -0.1) is 0 Å². The van der Waals surface area contributed by atoms with Gasteiger partial charge in [0, 0.05) is 0 Å². The molecule has 1 atom stereocenters. The molecular weight excluding hydrogens is 315 g/mol. The average molecular weight is 352 g/mol. The molecule has 0 fully saturated rings. The molecule has 2 nitrogen and oxygen atoms in total. The van der Waals surface area contributed by atoms with Crippen LogP contribution in [0.4, 0.5) is 0 Å². The maximum absolute atomic E-state index is 11.7. The topological polar surface area (TPSA) is 37.3 Å².